The fourth-order valence-electron chi connectivity index (χ4n) is 3.29. The van der Waals surface area contributed by atoms with Gasteiger partial charge in [0.2, 0.25) is 5.91 Å². The topological polar surface area (TPSA) is 90.7 Å². The first-order valence-corrected chi connectivity index (χ1v) is 9.84. The molecule has 1 aliphatic rings. The summed E-state index contributed by atoms with van der Waals surface area (Å²) in [6.07, 6.45) is 1.65. The quantitative estimate of drug-likeness (QED) is 0.630. The number of benzene rings is 2. The molecule has 3 rings (SSSR count). The van der Waals surface area contributed by atoms with Gasteiger partial charge in [0, 0.05) is 31.7 Å². The van der Waals surface area contributed by atoms with Crippen LogP contribution in [0.15, 0.2) is 54.6 Å². The van der Waals surface area contributed by atoms with Crippen molar-refractivity contribution < 1.29 is 19.1 Å². The maximum atomic E-state index is 12.6. The molecule has 0 bridgehead atoms. The summed E-state index contributed by atoms with van der Waals surface area (Å²) < 4.78 is 5.19. The first-order valence-electron chi connectivity index (χ1n) is 9.84. The Bertz CT molecular complexity index is 935. The molecule has 2 aromatic carbocycles. The van der Waals surface area contributed by atoms with Gasteiger partial charge in [0.25, 0.3) is 5.91 Å². The standard InChI is InChI=1S/C23H23N3O4/c24-13-5-15-26(20-6-2-1-3-7-20)22(28)17-30-23(29)19-11-9-18(10-12-19)16-25-14-4-8-21(25)27/h1-3,6-7,9-12H,4-5,8,14-17H2. The molecule has 1 fully saturated rings. The number of hydrogen-bond acceptors (Lipinski definition) is 5. The Morgan fingerprint density at radius 3 is 2.47 bits per heavy atom. The minimum Gasteiger partial charge on any atom is -0.452 e. The highest BCUT2D eigenvalue weighted by Crippen LogP contribution is 2.16. The highest BCUT2D eigenvalue weighted by molar-refractivity contribution is 5.97. The van der Waals surface area contributed by atoms with Gasteiger partial charge in [-0.3, -0.25) is 9.59 Å². The molecular formula is C23H23N3O4. The second-order valence-electron chi connectivity index (χ2n) is 6.98. The normalized spacial score (nSPS) is 13.0. The lowest BCUT2D eigenvalue weighted by Gasteiger charge is -2.21. The zero-order valence-corrected chi connectivity index (χ0v) is 16.6. The molecule has 0 saturated carbocycles. The largest absolute Gasteiger partial charge is 0.452 e. The second-order valence-corrected chi connectivity index (χ2v) is 6.98. The molecule has 30 heavy (non-hydrogen) atoms. The number of esters is 1. The third-order valence-corrected chi connectivity index (χ3v) is 4.88. The summed E-state index contributed by atoms with van der Waals surface area (Å²) in [7, 11) is 0. The monoisotopic (exact) mass is 405 g/mol. The Labute approximate surface area is 175 Å². The Balaban J connectivity index is 1.56. The van der Waals surface area contributed by atoms with Crippen molar-refractivity contribution in [2.45, 2.75) is 25.8 Å². The van der Waals surface area contributed by atoms with Crippen LogP contribution in [0, 0.1) is 11.3 Å². The van der Waals surface area contributed by atoms with Crippen molar-refractivity contribution in [3.05, 3.63) is 65.7 Å². The number of carbonyl (C=O) groups is 3. The van der Waals surface area contributed by atoms with Crippen LogP contribution < -0.4 is 4.90 Å². The Morgan fingerprint density at radius 1 is 1.10 bits per heavy atom. The number of amides is 2. The summed E-state index contributed by atoms with van der Waals surface area (Å²) in [5, 5.41) is 8.84. The van der Waals surface area contributed by atoms with Gasteiger partial charge in [-0.15, -0.1) is 0 Å². The van der Waals surface area contributed by atoms with Crippen LogP contribution in [0.5, 0.6) is 0 Å². The summed E-state index contributed by atoms with van der Waals surface area (Å²) in [5.74, 6) is -0.842. The van der Waals surface area contributed by atoms with Crippen molar-refractivity contribution in [3.63, 3.8) is 0 Å². The van der Waals surface area contributed by atoms with Crippen LogP contribution in [0.1, 0.15) is 35.2 Å². The van der Waals surface area contributed by atoms with Crippen LogP contribution in [0.2, 0.25) is 0 Å². The molecule has 0 atom stereocenters. The zero-order chi connectivity index (χ0) is 21.3. The third-order valence-electron chi connectivity index (χ3n) is 4.88. The summed E-state index contributed by atoms with van der Waals surface area (Å²) in [6, 6.07) is 17.8. The molecule has 7 nitrogen and oxygen atoms in total. The summed E-state index contributed by atoms with van der Waals surface area (Å²) in [6.45, 7) is 1.09. The van der Waals surface area contributed by atoms with Gasteiger partial charge in [0.05, 0.1) is 18.1 Å². The van der Waals surface area contributed by atoms with Gasteiger partial charge in [-0.1, -0.05) is 30.3 Å². The number of likely N-dealkylation sites (tertiary alicyclic amines) is 1. The zero-order valence-electron chi connectivity index (χ0n) is 16.6. The van der Waals surface area contributed by atoms with Gasteiger partial charge < -0.3 is 14.5 Å². The molecule has 7 heteroatoms. The van der Waals surface area contributed by atoms with E-state index < -0.39 is 18.5 Å². The lowest BCUT2D eigenvalue weighted by atomic mass is 10.1. The lowest BCUT2D eigenvalue weighted by molar-refractivity contribution is -0.128. The van der Waals surface area contributed by atoms with E-state index in [9.17, 15) is 14.4 Å². The second kappa shape index (κ2) is 10.2. The lowest BCUT2D eigenvalue weighted by Crippen LogP contribution is -2.35. The Kier molecular flexibility index (Phi) is 7.17. The number of anilines is 1. The number of nitriles is 1. The summed E-state index contributed by atoms with van der Waals surface area (Å²) >= 11 is 0. The predicted molar refractivity (Wildman–Crippen MR) is 110 cm³/mol. The van der Waals surface area contributed by atoms with E-state index in [2.05, 4.69) is 0 Å². The predicted octanol–water partition coefficient (Wildman–Crippen LogP) is 2.91. The van der Waals surface area contributed by atoms with Crippen LogP contribution in [-0.2, 0) is 20.9 Å². The highest BCUT2D eigenvalue weighted by Gasteiger charge is 2.21. The maximum Gasteiger partial charge on any atom is 0.338 e. The van der Waals surface area contributed by atoms with Crippen molar-refractivity contribution in [1.82, 2.24) is 4.90 Å². The van der Waals surface area contributed by atoms with E-state index in [-0.39, 0.29) is 18.9 Å². The highest BCUT2D eigenvalue weighted by atomic mass is 16.5. The molecule has 2 aromatic rings. The average Bonchev–Trinajstić information content (AvgIpc) is 3.18. The minimum atomic E-state index is -0.597. The molecule has 0 aromatic heterocycles. The summed E-state index contributed by atoms with van der Waals surface area (Å²) in [5.41, 5.74) is 1.92. The molecule has 1 heterocycles. The molecule has 1 saturated heterocycles. The SMILES string of the molecule is N#CCCN(C(=O)COC(=O)c1ccc(CN2CCCC2=O)cc1)c1ccccc1. The molecule has 0 unspecified atom stereocenters. The van der Waals surface area contributed by atoms with Crippen LogP contribution in [-0.4, -0.2) is 42.4 Å². The molecule has 0 N–H and O–H groups in total. The van der Waals surface area contributed by atoms with Crippen LogP contribution >= 0.6 is 0 Å². The van der Waals surface area contributed by atoms with Crippen molar-refractivity contribution in [2.24, 2.45) is 0 Å². The first kappa shape index (κ1) is 21.1. The average molecular weight is 405 g/mol. The molecule has 0 radical (unpaired) electrons. The molecule has 0 spiro atoms. The van der Waals surface area contributed by atoms with Crippen molar-refractivity contribution in [2.75, 3.05) is 24.6 Å². The Hall–Kier alpha value is -3.66. The van der Waals surface area contributed by atoms with Crippen molar-refractivity contribution in [1.29, 1.82) is 5.26 Å². The molecule has 0 aliphatic carbocycles. The number of rotatable bonds is 8. The fraction of sp³-hybridized carbons (Fsp3) is 0.304. The molecule has 1 aliphatic heterocycles. The minimum absolute atomic E-state index is 0.149. The van der Waals surface area contributed by atoms with E-state index in [1.54, 1.807) is 53.4 Å². The van der Waals surface area contributed by atoms with Gasteiger partial charge >= 0.3 is 5.97 Å². The number of ether oxygens (including phenoxy) is 1. The van der Waals surface area contributed by atoms with Crippen molar-refractivity contribution in [3.8, 4) is 6.07 Å². The number of carbonyl (C=O) groups excluding carboxylic acids is 3. The van der Waals surface area contributed by atoms with Crippen LogP contribution in [0.3, 0.4) is 0 Å². The van der Waals surface area contributed by atoms with Crippen molar-refractivity contribution >= 4 is 23.5 Å². The third kappa shape index (κ3) is 5.45. The maximum absolute atomic E-state index is 12.6. The van der Waals surface area contributed by atoms with Gasteiger partial charge in [-0.05, 0) is 36.2 Å². The first-order chi connectivity index (χ1) is 14.6. The summed E-state index contributed by atoms with van der Waals surface area (Å²) in [4.78, 5) is 39.8. The number of para-hydroxylation sites is 1. The Morgan fingerprint density at radius 2 is 1.83 bits per heavy atom. The van der Waals surface area contributed by atoms with E-state index in [1.165, 1.54) is 4.90 Å². The van der Waals surface area contributed by atoms with E-state index >= 15 is 0 Å². The van der Waals surface area contributed by atoms with Gasteiger partial charge in [0.1, 0.15) is 0 Å². The van der Waals surface area contributed by atoms with E-state index in [4.69, 9.17) is 10.00 Å². The smallest absolute Gasteiger partial charge is 0.338 e. The number of nitrogens with zero attached hydrogens (tertiary/aromatic N) is 3. The molecule has 2 amide bonds. The van der Waals surface area contributed by atoms with Gasteiger partial charge in [-0.2, -0.15) is 5.26 Å². The number of hydrogen-bond donors (Lipinski definition) is 0. The van der Waals surface area contributed by atoms with Crippen LogP contribution in [0.25, 0.3) is 0 Å². The van der Waals surface area contributed by atoms with Gasteiger partial charge in [0.15, 0.2) is 6.61 Å². The van der Waals surface area contributed by atoms with E-state index in [0.717, 1.165) is 18.5 Å². The molecular weight excluding hydrogens is 382 g/mol. The van der Waals surface area contributed by atoms with Crippen LogP contribution in [0.4, 0.5) is 5.69 Å². The van der Waals surface area contributed by atoms with Gasteiger partial charge in [-0.25, -0.2) is 4.79 Å². The molecule has 154 valence electrons. The van der Waals surface area contributed by atoms with E-state index in [0.29, 0.717) is 24.2 Å². The fourth-order valence-corrected chi connectivity index (χ4v) is 3.29. The van der Waals surface area contributed by atoms with E-state index in [1.807, 2.05) is 12.1 Å².